The van der Waals surface area contributed by atoms with Crippen molar-refractivity contribution in [1.82, 2.24) is 14.7 Å². The SMILES string of the molecule is Cc1ccc(F)cc1-c1c(C)cnn1C1CC2(C1)CN(C(=O)c1ccc(F)cc1OC1CC1)C2. The zero-order valence-corrected chi connectivity index (χ0v) is 19.4. The fraction of sp³-hybridized carbons (Fsp3) is 0.407. The van der Waals surface area contributed by atoms with E-state index in [2.05, 4.69) is 5.10 Å². The van der Waals surface area contributed by atoms with Crippen molar-refractivity contribution in [1.29, 1.82) is 0 Å². The van der Waals surface area contributed by atoms with Crippen LogP contribution >= 0.6 is 0 Å². The third-order valence-corrected chi connectivity index (χ3v) is 7.45. The molecule has 34 heavy (non-hydrogen) atoms. The van der Waals surface area contributed by atoms with Crippen LogP contribution in [0.15, 0.2) is 42.6 Å². The maximum absolute atomic E-state index is 14.0. The number of ether oxygens (including phenoxy) is 1. The fourth-order valence-corrected chi connectivity index (χ4v) is 5.49. The van der Waals surface area contributed by atoms with Gasteiger partial charge in [-0.05, 0) is 74.9 Å². The summed E-state index contributed by atoms with van der Waals surface area (Å²) in [6.45, 7) is 5.35. The van der Waals surface area contributed by atoms with E-state index in [0.29, 0.717) is 24.4 Å². The highest BCUT2D eigenvalue weighted by Gasteiger charge is 2.55. The highest BCUT2D eigenvalue weighted by atomic mass is 19.1. The smallest absolute Gasteiger partial charge is 0.257 e. The van der Waals surface area contributed by atoms with Crippen molar-refractivity contribution < 1.29 is 18.3 Å². The summed E-state index contributed by atoms with van der Waals surface area (Å²) >= 11 is 0. The van der Waals surface area contributed by atoms with Gasteiger partial charge in [0.05, 0.1) is 29.6 Å². The molecule has 1 amide bonds. The van der Waals surface area contributed by atoms with Crippen LogP contribution in [0, 0.1) is 30.9 Å². The Bertz CT molecular complexity index is 1280. The number of nitrogens with zero attached hydrogens (tertiary/aromatic N) is 3. The van der Waals surface area contributed by atoms with Gasteiger partial charge in [-0.1, -0.05) is 6.07 Å². The lowest BCUT2D eigenvalue weighted by molar-refractivity contribution is -0.0735. The Morgan fingerprint density at radius 1 is 1.03 bits per heavy atom. The number of hydrogen-bond donors (Lipinski definition) is 0. The van der Waals surface area contributed by atoms with E-state index in [0.717, 1.165) is 48.1 Å². The molecular weight excluding hydrogens is 436 g/mol. The maximum Gasteiger partial charge on any atom is 0.257 e. The molecule has 2 aliphatic carbocycles. The molecule has 2 heterocycles. The first-order valence-corrected chi connectivity index (χ1v) is 11.9. The summed E-state index contributed by atoms with van der Waals surface area (Å²) in [6, 6.07) is 9.25. The number of aryl methyl sites for hydroxylation is 2. The van der Waals surface area contributed by atoms with E-state index < -0.39 is 5.82 Å². The van der Waals surface area contributed by atoms with Gasteiger partial charge in [-0.15, -0.1) is 0 Å². The number of amides is 1. The van der Waals surface area contributed by atoms with Crippen molar-refractivity contribution in [3.63, 3.8) is 0 Å². The summed E-state index contributed by atoms with van der Waals surface area (Å²) in [4.78, 5) is 15.0. The third-order valence-electron chi connectivity index (χ3n) is 7.45. The summed E-state index contributed by atoms with van der Waals surface area (Å²) in [5.74, 6) is -0.400. The van der Waals surface area contributed by atoms with Crippen molar-refractivity contribution in [2.24, 2.45) is 5.41 Å². The monoisotopic (exact) mass is 463 g/mol. The van der Waals surface area contributed by atoms with Crippen LogP contribution in [0.3, 0.4) is 0 Å². The van der Waals surface area contributed by atoms with Crippen LogP contribution in [-0.2, 0) is 0 Å². The van der Waals surface area contributed by atoms with E-state index in [1.165, 1.54) is 24.3 Å². The average molecular weight is 464 g/mol. The molecule has 1 aromatic heterocycles. The first kappa shape index (κ1) is 21.3. The minimum Gasteiger partial charge on any atom is -0.489 e. The largest absolute Gasteiger partial charge is 0.489 e. The molecule has 1 aliphatic heterocycles. The number of benzene rings is 2. The van der Waals surface area contributed by atoms with E-state index in [1.807, 2.05) is 29.6 Å². The molecule has 0 atom stereocenters. The van der Waals surface area contributed by atoms with E-state index in [1.54, 1.807) is 12.1 Å². The van der Waals surface area contributed by atoms with Crippen molar-refractivity contribution in [2.75, 3.05) is 13.1 Å². The van der Waals surface area contributed by atoms with Crippen molar-refractivity contribution in [2.45, 2.75) is 51.7 Å². The van der Waals surface area contributed by atoms with Crippen molar-refractivity contribution in [3.05, 3.63) is 70.9 Å². The van der Waals surface area contributed by atoms with Gasteiger partial charge in [0.15, 0.2) is 0 Å². The van der Waals surface area contributed by atoms with Gasteiger partial charge >= 0.3 is 0 Å². The Morgan fingerprint density at radius 3 is 2.47 bits per heavy atom. The van der Waals surface area contributed by atoms with Crippen LogP contribution in [0.1, 0.15) is 53.2 Å². The highest BCUT2D eigenvalue weighted by molar-refractivity contribution is 5.97. The van der Waals surface area contributed by atoms with Crippen LogP contribution in [0.25, 0.3) is 11.3 Å². The van der Waals surface area contributed by atoms with Gasteiger partial charge in [0.1, 0.15) is 17.4 Å². The molecule has 0 bridgehead atoms. The molecule has 1 spiro atoms. The molecule has 3 aromatic rings. The first-order valence-electron chi connectivity index (χ1n) is 11.9. The normalized spacial score (nSPS) is 19.1. The molecule has 6 rings (SSSR count). The summed E-state index contributed by atoms with van der Waals surface area (Å²) in [5.41, 5.74) is 4.42. The summed E-state index contributed by atoms with van der Waals surface area (Å²) in [5, 5.41) is 4.63. The zero-order valence-electron chi connectivity index (χ0n) is 19.4. The Labute approximate surface area is 197 Å². The lowest BCUT2D eigenvalue weighted by Crippen LogP contribution is -2.63. The molecule has 0 radical (unpaired) electrons. The summed E-state index contributed by atoms with van der Waals surface area (Å²) in [6.07, 6.45) is 5.68. The molecule has 2 saturated carbocycles. The molecule has 7 heteroatoms. The minimum absolute atomic E-state index is 0.0893. The number of aromatic nitrogens is 2. The van der Waals surface area contributed by atoms with E-state index >= 15 is 0 Å². The third kappa shape index (κ3) is 3.58. The fourth-order valence-electron chi connectivity index (χ4n) is 5.49. The van der Waals surface area contributed by atoms with Gasteiger partial charge in [-0.25, -0.2) is 8.78 Å². The average Bonchev–Trinajstić information content (AvgIpc) is 3.48. The highest BCUT2D eigenvalue weighted by Crippen LogP contribution is 2.55. The molecule has 0 N–H and O–H groups in total. The molecule has 3 fully saturated rings. The number of likely N-dealkylation sites (tertiary alicyclic amines) is 1. The van der Waals surface area contributed by atoms with E-state index in [4.69, 9.17) is 4.74 Å². The molecule has 1 saturated heterocycles. The minimum atomic E-state index is -0.395. The predicted octanol–water partition coefficient (Wildman–Crippen LogP) is 5.46. The molecule has 2 aromatic carbocycles. The number of carbonyl (C=O) groups is 1. The van der Waals surface area contributed by atoms with Crippen molar-refractivity contribution in [3.8, 4) is 17.0 Å². The standard InChI is InChI=1S/C27H27F2N3O2/c1-16-3-4-18(28)9-23(16)25-17(2)13-30-32(25)20-11-27(12-20)14-31(15-27)26(33)22-8-5-19(29)10-24(22)34-21-6-7-21/h3-5,8-10,13,20-21H,6-7,11-12,14-15H2,1-2H3. The second-order valence-corrected chi connectivity index (χ2v) is 10.3. The quantitative estimate of drug-likeness (QED) is 0.505. The van der Waals surface area contributed by atoms with Crippen molar-refractivity contribution >= 4 is 5.91 Å². The van der Waals surface area contributed by atoms with E-state index in [-0.39, 0.29) is 29.3 Å². The number of hydrogen-bond acceptors (Lipinski definition) is 3. The van der Waals surface area contributed by atoms with Gasteiger partial charge in [0.25, 0.3) is 5.91 Å². The van der Waals surface area contributed by atoms with Crippen LogP contribution in [0.5, 0.6) is 5.75 Å². The van der Waals surface area contributed by atoms with Gasteiger partial charge in [-0.3, -0.25) is 9.48 Å². The Morgan fingerprint density at radius 2 is 1.74 bits per heavy atom. The van der Waals surface area contributed by atoms with Crippen LogP contribution < -0.4 is 4.74 Å². The number of halogens is 2. The Hall–Kier alpha value is -3.22. The van der Waals surface area contributed by atoms with Gasteiger partial charge in [0.2, 0.25) is 0 Å². The lowest BCUT2D eigenvalue weighted by Gasteiger charge is -2.59. The van der Waals surface area contributed by atoms with Crippen LogP contribution in [0.2, 0.25) is 0 Å². The predicted molar refractivity (Wildman–Crippen MR) is 124 cm³/mol. The second-order valence-electron chi connectivity index (χ2n) is 10.3. The summed E-state index contributed by atoms with van der Waals surface area (Å²) in [7, 11) is 0. The molecule has 0 unspecified atom stereocenters. The second kappa shape index (κ2) is 7.65. The molecule has 3 aliphatic rings. The number of rotatable bonds is 5. The maximum atomic E-state index is 14.0. The van der Waals surface area contributed by atoms with Gasteiger partial charge in [0, 0.05) is 30.1 Å². The van der Waals surface area contributed by atoms with Gasteiger partial charge in [-0.2, -0.15) is 5.10 Å². The molecular formula is C27H27F2N3O2. The zero-order chi connectivity index (χ0) is 23.6. The van der Waals surface area contributed by atoms with Gasteiger partial charge < -0.3 is 9.64 Å². The number of carbonyl (C=O) groups excluding carboxylic acids is 1. The Balaban J connectivity index is 1.15. The topological polar surface area (TPSA) is 47.4 Å². The first-order chi connectivity index (χ1) is 16.3. The molecule has 176 valence electrons. The Kier molecular flexibility index (Phi) is 4.80. The summed E-state index contributed by atoms with van der Waals surface area (Å²) < 4.78 is 35.5. The molecule has 5 nitrogen and oxygen atoms in total. The van der Waals surface area contributed by atoms with Crippen LogP contribution in [0.4, 0.5) is 8.78 Å². The van der Waals surface area contributed by atoms with Crippen LogP contribution in [-0.4, -0.2) is 39.8 Å². The lowest BCUT2D eigenvalue weighted by atomic mass is 9.60. The van der Waals surface area contributed by atoms with E-state index in [9.17, 15) is 13.6 Å².